The molecule has 4 nitrogen and oxygen atoms in total. The van der Waals surface area contributed by atoms with Crippen molar-refractivity contribution in [1.82, 2.24) is 0 Å². The smallest absolute Gasteiger partial charge is 0.311 e. The first kappa shape index (κ1) is 36.8. The van der Waals surface area contributed by atoms with Gasteiger partial charge in [0.1, 0.15) is 0 Å². The zero-order valence-corrected chi connectivity index (χ0v) is 31.8. The van der Waals surface area contributed by atoms with Gasteiger partial charge >= 0.3 is 17.1 Å². The number of rotatable bonds is 14. The summed E-state index contributed by atoms with van der Waals surface area (Å²) in [6.07, 6.45) is 2.41. The van der Waals surface area contributed by atoms with E-state index in [2.05, 4.69) is 119 Å². The van der Waals surface area contributed by atoms with E-state index in [1.807, 2.05) is 11.4 Å². The van der Waals surface area contributed by atoms with Crippen LogP contribution in [-0.4, -0.2) is 50.4 Å². The first-order valence-corrected chi connectivity index (χ1v) is 30.6. The first-order valence-electron chi connectivity index (χ1n) is 13.0. The quantitative estimate of drug-likeness (QED) is 0.192. The molecule has 204 valence electrons. The maximum Gasteiger partial charge on any atom is 0.311 e. The molecule has 0 aromatic carbocycles. The molecule has 0 aromatic rings. The number of hydrogen-bond donors (Lipinski definition) is 0. The van der Waals surface area contributed by atoms with Crippen LogP contribution in [-0.2, 0) is 16.5 Å². The average molecular weight is 581 g/mol. The summed E-state index contributed by atoms with van der Waals surface area (Å²) in [5.74, 6) is 0. The lowest BCUT2D eigenvalue weighted by Gasteiger charge is -2.42. The van der Waals surface area contributed by atoms with Crippen molar-refractivity contribution in [2.24, 2.45) is 0 Å². The van der Waals surface area contributed by atoms with Crippen molar-refractivity contribution >= 4 is 50.4 Å². The van der Waals surface area contributed by atoms with Gasteiger partial charge in [0.15, 0.2) is 33.3 Å². The Morgan fingerprint density at radius 2 is 0.765 bits per heavy atom. The molecule has 0 rings (SSSR count). The van der Waals surface area contributed by atoms with Crippen molar-refractivity contribution in [3.8, 4) is 0 Å². The van der Waals surface area contributed by atoms with Gasteiger partial charge in [0.25, 0.3) is 0 Å². The van der Waals surface area contributed by atoms with Gasteiger partial charge in [-0.1, -0.05) is 51.9 Å². The van der Waals surface area contributed by atoms with Gasteiger partial charge in [0.05, 0.1) is 0 Å². The second-order valence-corrected chi connectivity index (χ2v) is 37.1. The summed E-state index contributed by atoms with van der Waals surface area (Å²) in [4.78, 5) is 0. The fourth-order valence-corrected chi connectivity index (χ4v) is 29.4. The molecule has 0 aliphatic rings. The highest BCUT2D eigenvalue weighted by atomic mass is 28.5. The summed E-state index contributed by atoms with van der Waals surface area (Å²) < 4.78 is 25.5. The van der Waals surface area contributed by atoms with E-state index in [1.54, 1.807) is 0 Å². The first-order chi connectivity index (χ1) is 14.9. The molecule has 0 saturated carbocycles. The van der Waals surface area contributed by atoms with E-state index >= 15 is 0 Å². The molecule has 0 spiro atoms. The Bertz CT molecular complexity index is 583. The minimum atomic E-state index is -2.04. The Balaban J connectivity index is 0. The van der Waals surface area contributed by atoms with Crippen LogP contribution in [0.3, 0.4) is 0 Å². The molecular weight excluding hydrogens is 521 g/mol. The van der Waals surface area contributed by atoms with Gasteiger partial charge in [-0.05, 0) is 89.6 Å². The molecule has 0 bridgehead atoms. The van der Waals surface area contributed by atoms with Crippen molar-refractivity contribution < 1.29 is 16.5 Å². The van der Waals surface area contributed by atoms with Crippen LogP contribution >= 0.6 is 0 Å². The minimum Gasteiger partial charge on any atom is -0.436 e. The van der Waals surface area contributed by atoms with Crippen molar-refractivity contribution in [3.63, 3.8) is 0 Å². The Morgan fingerprint density at radius 3 is 0.971 bits per heavy atom. The Hall–Kier alpha value is 0.621. The van der Waals surface area contributed by atoms with Crippen LogP contribution in [0.25, 0.3) is 0 Å². The molecule has 2 unspecified atom stereocenters. The molecule has 0 aliphatic heterocycles. The Morgan fingerprint density at radius 1 is 0.529 bits per heavy atom. The molecule has 0 saturated heterocycles. The fourth-order valence-electron chi connectivity index (χ4n) is 3.84. The van der Waals surface area contributed by atoms with Crippen molar-refractivity contribution in [1.29, 1.82) is 0 Å². The second kappa shape index (κ2) is 14.0. The third-order valence-corrected chi connectivity index (χ3v) is 30.4. The monoisotopic (exact) mass is 580 g/mol. The topological polar surface area (TPSA) is 36.9 Å². The van der Waals surface area contributed by atoms with Gasteiger partial charge in [0, 0.05) is 0 Å². The minimum absolute atomic E-state index is 0.691. The van der Waals surface area contributed by atoms with Gasteiger partial charge < -0.3 is 16.5 Å². The van der Waals surface area contributed by atoms with Gasteiger partial charge in [-0.3, -0.25) is 0 Å². The normalized spacial score (nSPS) is 15.8. The number of hydrogen-bond acceptors (Lipinski definition) is 4. The lowest BCUT2D eigenvalue weighted by molar-refractivity contribution is 0.375. The van der Waals surface area contributed by atoms with Gasteiger partial charge in [-0.15, -0.1) is 13.2 Å². The summed E-state index contributed by atoms with van der Waals surface area (Å²) in [6, 6.07) is 0. The SMILES string of the molecule is C=C[Si](C)(C)O[Si](C)(C)O[Si](C)(C)C=C.CCC(C)[Si](C)(C)O[Si](C)(C)O[Si](C)(C)C(C)CC. The van der Waals surface area contributed by atoms with Crippen LogP contribution in [0, 0.1) is 0 Å². The third-order valence-electron chi connectivity index (χ3n) is 6.62. The van der Waals surface area contributed by atoms with E-state index < -0.39 is 50.4 Å². The molecule has 0 aliphatic carbocycles. The molecule has 10 heteroatoms. The molecule has 0 radical (unpaired) electrons. The van der Waals surface area contributed by atoms with E-state index in [0.29, 0.717) is 11.1 Å². The predicted molar refractivity (Wildman–Crippen MR) is 169 cm³/mol. The van der Waals surface area contributed by atoms with Crippen molar-refractivity contribution in [3.05, 3.63) is 24.6 Å². The summed E-state index contributed by atoms with van der Waals surface area (Å²) in [6.45, 7) is 43.4. The molecule has 34 heavy (non-hydrogen) atoms. The van der Waals surface area contributed by atoms with Crippen LogP contribution in [0.4, 0.5) is 0 Å². The average Bonchev–Trinajstić information content (AvgIpc) is 2.63. The molecule has 0 fully saturated rings. The van der Waals surface area contributed by atoms with Gasteiger partial charge in [0.2, 0.25) is 0 Å². The second-order valence-electron chi connectivity index (χ2n) is 12.6. The Kier molecular flexibility index (Phi) is 15.1. The molecule has 0 N–H and O–H groups in total. The third kappa shape index (κ3) is 15.0. The fraction of sp³-hybridized carbons (Fsp3) is 0.833. The van der Waals surface area contributed by atoms with E-state index in [-0.39, 0.29) is 0 Å². The molecule has 2 atom stereocenters. The van der Waals surface area contributed by atoms with E-state index in [4.69, 9.17) is 16.5 Å². The highest BCUT2D eigenvalue weighted by Crippen LogP contribution is 2.33. The highest BCUT2D eigenvalue weighted by Gasteiger charge is 2.43. The van der Waals surface area contributed by atoms with E-state index in [9.17, 15) is 0 Å². The van der Waals surface area contributed by atoms with Crippen LogP contribution in [0.1, 0.15) is 40.5 Å². The molecular formula is C24H60O4Si6. The zero-order chi connectivity index (χ0) is 27.8. The van der Waals surface area contributed by atoms with Crippen LogP contribution in [0.2, 0.25) is 89.6 Å². The zero-order valence-electron chi connectivity index (χ0n) is 25.8. The lowest BCUT2D eigenvalue weighted by atomic mass is 10.4. The largest absolute Gasteiger partial charge is 0.436 e. The van der Waals surface area contributed by atoms with E-state index in [1.165, 1.54) is 12.8 Å². The van der Waals surface area contributed by atoms with E-state index in [0.717, 1.165) is 0 Å². The van der Waals surface area contributed by atoms with Crippen LogP contribution < -0.4 is 0 Å². The summed E-state index contributed by atoms with van der Waals surface area (Å²) in [5, 5.41) is 0. The summed E-state index contributed by atoms with van der Waals surface area (Å²) in [7, 11) is -10.8. The highest BCUT2D eigenvalue weighted by molar-refractivity contribution is 6.91. The maximum atomic E-state index is 6.60. The molecule has 0 amide bonds. The summed E-state index contributed by atoms with van der Waals surface area (Å²) >= 11 is 0. The predicted octanol–water partition coefficient (Wildman–Crippen LogP) is 9.31. The van der Waals surface area contributed by atoms with Crippen molar-refractivity contribution in [2.75, 3.05) is 0 Å². The van der Waals surface area contributed by atoms with Gasteiger partial charge in [-0.25, -0.2) is 0 Å². The summed E-state index contributed by atoms with van der Waals surface area (Å²) in [5.41, 5.74) is 5.29. The van der Waals surface area contributed by atoms with Crippen LogP contribution in [0.5, 0.6) is 0 Å². The lowest BCUT2D eigenvalue weighted by Crippen LogP contribution is -2.54. The van der Waals surface area contributed by atoms with Crippen molar-refractivity contribution in [2.45, 2.75) is 130 Å². The van der Waals surface area contributed by atoms with Gasteiger partial charge in [-0.2, -0.15) is 0 Å². The maximum absolute atomic E-state index is 6.60. The molecule has 0 heterocycles. The molecule has 0 aromatic heterocycles. The standard InChI is InChI=1S/C14H36O2Si3.C10H24O2Si3/c1-11-13(3)17(5,6)15-19(9,10)16-18(7,8)14(4)12-2;1-9-13(3,4)11-15(7,8)12-14(5,6)10-2/h13-14H,11-12H2,1-10H3;9-10H,1-2H2,3-8H3. The Labute approximate surface area is 220 Å². The van der Waals surface area contributed by atoms with Crippen LogP contribution in [0.15, 0.2) is 24.6 Å².